The van der Waals surface area contributed by atoms with Gasteiger partial charge in [0, 0.05) is 23.6 Å². The summed E-state index contributed by atoms with van der Waals surface area (Å²) in [5.41, 5.74) is 1.83. The number of anilines is 1. The highest BCUT2D eigenvalue weighted by Crippen LogP contribution is 2.33. The average Bonchev–Trinajstić information content (AvgIpc) is 3.22. The minimum absolute atomic E-state index is 0.00494. The number of nitrogens with one attached hydrogen (secondary N) is 1. The summed E-state index contributed by atoms with van der Waals surface area (Å²) in [5, 5.41) is 13.3. The monoisotopic (exact) mass is 487 g/mol. The van der Waals surface area contributed by atoms with E-state index < -0.39 is 5.60 Å². The lowest BCUT2D eigenvalue weighted by Crippen LogP contribution is -2.56. The Kier molecular flexibility index (Phi) is 7.02. The maximum Gasteiger partial charge on any atom is 0.296 e. The molecule has 1 amide bonds. The largest absolute Gasteiger partial charge is 0.493 e. The first-order chi connectivity index (χ1) is 16.2. The predicted molar refractivity (Wildman–Crippen MR) is 131 cm³/mol. The van der Waals surface area contributed by atoms with E-state index in [-0.39, 0.29) is 24.6 Å². The lowest BCUT2D eigenvalue weighted by molar-refractivity contribution is -0.117. The molecule has 182 valence electrons. The van der Waals surface area contributed by atoms with Gasteiger partial charge in [0.05, 0.1) is 37.9 Å². The van der Waals surface area contributed by atoms with Gasteiger partial charge in [0.2, 0.25) is 0 Å². The van der Waals surface area contributed by atoms with Crippen molar-refractivity contribution in [3.05, 3.63) is 52.5 Å². The highest BCUT2D eigenvalue weighted by Gasteiger charge is 2.38. The Bertz CT molecular complexity index is 1180. The zero-order valence-electron chi connectivity index (χ0n) is 19.8. The van der Waals surface area contributed by atoms with Gasteiger partial charge < -0.3 is 29.2 Å². The fourth-order valence-corrected chi connectivity index (χ4v) is 4.38. The van der Waals surface area contributed by atoms with Gasteiger partial charge >= 0.3 is 0 Å². The number of benzene rings is 2. The molecule has 0 bridgehead atoms. The molecule has 0 aliphatic carbocycles. The summed E-state index contributed by atoms with van der Waals surface area (Å²) in [6.45, 7) is 6.63. The Labute approximate surface area is 203 Å². The highest BCUT2D eigenvalue weighted by atomic mass is 35.5. The van der Waals surface area contributed by atoms with Crippen LogP contribution in [0.5, 0.6) is 5.75 Å². The third-order valence-electron chi connectivity index (χ3n) is 6.22. The van der Waals surface area contributed by atoms with E-state index in [0.717, 1.165) is 5.56 Å². The molecule has 9 heteroatoms. The number of aliphatic hydroxyl groups is 1. The molecule has 34 heavy (non-hydrogen) atoms. The number of oxazole rings is 1. The van der Waals surface area contributed by atoms with Crippen LogP contribution in [0.3, 0.4) is 0 Å². The summed E-state index contributed by atoms with van der Waals surface area (Å²) in [6.07, 6.45) is 0.453. The molecule has 2 aromatic carbocycles. The average molecular weight is 488 g/mol. The van der Waals surface area contributed by atoms with Crippen molar-refractivity contribution in [2.24, 2.45) is 0 Å². The normalized spacial score (nSPS) is 21.5. The van der Waals surface area contributed by atoms with Crippen molar-refractivity contribution in [3.8, 4) is 5.75 Å². The molecule has 1 aliphatic heterocycles. The van der Waals surface area contributed by atoms with Crippen molar-refractivity contribution >= 4 is 34.6 Å². The second kappa shape index (κ2) is 9.82. The van der Waals surface area contributed by atoms with Gasteiger partial charge in [0.25, 0.3) is 11.9 Å². The zero-order chi connectivity index (χ0) is 24.5. The van der Waals surface area contributed by atoms with Crippen LogP contribution in [0.15, 0.2) is 40.8 Å². The Balaban J connectivity index is 1.61. The standard InChI is InChI=1S/C25H30ClN3O5/c1-15-13-33-25(3,8-9-30)14-29(15)23(31)18-11-20-22(21(12-18)32-4)34-24(28-20)27-16(2)17-6-5-7-19(26)10-17/h5-7,10-12,15-16,30H,8-9,13-14H2,1-4H3,(H,27,28)/t15-,16-,25?/m1/s1. The number of methoxy groups -OCH3 is 1. The lowest BCUT2D eigenvalue weighted by atomic mass is 9.97. The molecule has 1 aromatic heterocycles. The van der Waals surface area contributed by atoms with E-state index in [1.165, 1.54) is 7.11 Å². The Morgan fingerprint density at radius 3 is 2.91 bits per heavy atom. The van der Waals surface area contributed by atoms with Gasteiger partial charge in [0.15, 0.2) is 11.3 Å². The predicted octanol–water partition coefficient (Wildman–Crippen LogP) is 4.66. The smallest absolute Gasteiger partial charge is 0.296 e. The van der Waals surface area contributed by atoms with Crippen molar-refractivity contribution < 1.29 is 23.8 Å². The summed E-state index contributed by atoms with van der Waals surface area (Å²) in [4.78, 5) is 19.8. The molecule has 0 saturated carbocycles. The van der Waals surface area contributed by atoms with Crippen molar-refractivity contribution in [1.82, 2.24) is 9.88 Å². The Morgan fingerprint density at radius 2 is 2.21 bits per heavy atom. The molecule has 3 aromatic rings. The van der Waals surface area contributed by atoms with Crippen LogP contribution >= 0.6 is 11.6 Å². The number of hydrogen-bond acceptors (Lipinski definition) is 7. The number of aromatic nitrogens is 1. The first-order valence-electron chi connectivity index (χ1n) is 11.3. The van der Waals surface area contributed by atoms with E-state index in [1.54, 1.807) is 17.0 Å². The first-order valence-corrected chi connectivity index (χ1v) is 11.7. The number of carbonyl (C=O) groups is 1. The van der Waals surface area contributed by atoms with Gasteiger partial charge in [-0.2, -0.15) is 4.98 Å². The minimum atomic E-state index is -0.591. The summed E-state index contributed by atoms with van der Waals surface area (Å²) < 4.78 is 17.4. The summed E-state index contributed by atoms with van der Waals surface area (Å²) in [7, 11) is 1.53. The molecule has 2 heterocycles. The van der Waals surface area contributed by atoms with Gasteiger partial charge in [-0.05, 0) is 50.6 Å². The van der Waals surface area contributed by atoms with Gasteiger partial charge in [-0.1, -0.05) is 23.7 Å². The molecule has 1 unspecified atom stereocenters. The lowest BCUT2D eigenvalue weighted by Gasteiger charge is -2.44. The highest BCUT2D eigenvalue weighted by molar-refractivity contribution is 6.30. The summed E-state index contributed by atoms with van der Waals surface area (Å²) in [5.74, 6) is 0.279. The number of nitrogens with zero attached hydrogens (tertiary/aromatic N) is 2. The number of halogens is 1. The first kappa shape index (κ1) is 24.3. The summed E-state index contributed by atoms with van der Waals surface area (Å²) >= 11 is 6.11. The van der Waals surface area contributed by atoms with Crippen molar-refractivity contribution in [1.29, 1.82) is 0 Å². The summed E-state index contributed by atoms with van der Waals surface area (Å²) in [6, 6.07) is 11.1. The van der Waals surface area contributed by atoms with Crippen LogP contribution in [0.1, 0.15) is 49.2 Å². The van der Waals surface area contributed by atoms with Gasteiger partial charge in [-0.15, -0.1) is 0 Å². The van der Waals surface area contributed by atoms with Crippen LogP contribution in [0.2, 0.25) is 5.02 Å². The topological polar surface area (TPSA) is 97.1 Å². The van der Waals surface area contributed by atoms with Gasteiger partial charge in [-0.25, -0.2) is 0 Å². The quantitative estimate of drug-likeness (QED) is 0.500. The Hall–Kier alpha value is -2.81. The number of hydrogen-bond donors (Lipinski definition) is 2. The van der Waals surface area contributed by atoms with Gasteiger partial charge in [-0.3, -0.25) is 4.79 Å². The molecular formula is C25H30ClN3O5. The second-order valence-corrected chi connectivity index (χ2v) is 9.42. The fraction of sp³-hybridized carbons (Fsp3) is 0.440. The molecule has 0 radical (unpaired) electrons. The third kappa shape index (κ3) is 4.99. The molecule has 1 saturated heterocycles. The van der Waals surface area contributed by atoms with E-state index in [0.29, 0.717) is 53.0 Å². The van der Waals surface area contributed by atoms with E-state index >= 15 is 0 Å². The van der Waals surface area contributed by atoms with Crippen LogP contribution in [0.25, 0.3) is 11.1 Å². The third-order valence-corrected chi connectivity index (χ3v) is 6.46. The Morgan fingerprint density at radius 1 is 1.41 bits per heavy atom. The number of rotatable bonds is 7. The van der Waals surface area contributed by atoms with Crippen molar-refractivity contribution in [3.63, 3.8) is 0 Å². The molecule has 8 nitrogen and oxygen atoms in total. The van der Waals surface area contributed by atoms with Crippen LogP contribution in [-0.4, -0.2) is 59.4 Å². The van der Waals surface area contributed by atoms with Gasteiger partial charge in [0.1, 0.15) is 5.52 Å². The van der Waals surface area contributed by atoms with E-state index in [9.17, 15) is 9.90 Å². The number of carbonyl (C=O) groups excluding carboxylic acids is 1. The number of ether oxygens (including phenoxy) is 2. The molecule has 3 atom stereocenters. The number of aliphatic hydroxyl groups excluding tert-OH is 1. The van der Waals surface area contributed by atoms with Crippen LogP contribution in [-0.2, 0) is 4.74 Å². The SMILES string of the molecule is COc1cc(C(=O)N2CC(C)(CCO)OC[C@H]2C)cc2nc(N[C@H](C)c3cccc(Cl)c3)oc12. The van der Waals surface area contributed by atoms with Crippen LogP contribution in [0.4, 0.5) is 6.01 Å². The van der Waals surface area contributed by atoms with Crippen LogP contribution < -0.4 is 10.1 Å². The fourth-order valence-electron chi connectivity index (χ4n) is 4.18. The molecule has 0 spiro atoms. The number of fused-ring (bicyclic) bond motifs is 1. The number of morpholine rings is 1. The van der Waals surface area contributed by atoms with Crippen molar-refractivity contribution in [2.75, 3.05) is 32.2 Å². The minimum Gasteiger partial charge on any atom is -0.493 e. The second-order valence-electron chi connectivity index (χ2n) is 8.98. The van der Waals surface area contributed by atoms with E-state index in [1.807, 2.05) is 45.0 Å². The number of amides is 1. The maximum atomic E-state index is 13.5. The maximum absolute atomic E-state index is 13.5. The zero-order valence-corrected chi connectivity index (χ0v) is 20.6. The van der Waals surface area contributed by atoms with E-state index in [2.05, 4.69) is 10.3 Å². The molecular weight excluding hydrogens is 458 g/mol. The van der Waals surface area contributed by atoms with E-state index in [4.69, 9.17) is 25.5 Å². The molecule has 2 N–H and O–H groups in total. The molecule has 1 fully saturated rings. The van der Waals surface area contributed by atoms with Crippen molar-refractivity contribution in [2.45, 2.75) is 44.9 Å². The molecule has 4 rings (SSSR count). The molecule has 1 aliphatic rings. The van der Waals surface area contributed by atoms with Crippen LogP contribution in [0, 0.1) is 0 Å².